The van der Waals surface area contributed by atoms with Crippen molar-refractivity contribution in [3.8, 4) is 5.75 Å². The van der Waals surface area contributed by atoms with Gasteiger partial charge < -0.3 is 14.4 Å². The van der Waals surface area contributed by atoms with Gasteiger partial charge in [-0.2, -0.15) is 0 Å². The molecule has 0 N–H and O–H groups in total. The van der Waals surface area contributed by atoms with Crippen molar-refractivity contribution in [3.63, 3.8) is 0 Å². The third-order valence-electron chi connectivity index (χ3n) is 3.68. The van der Waals surface area contributed by atoms with E-state index in [1.807, 2.05) is 37.8 Å². The molecule has 0 bridgehead atoms. The van der Waals surface area contributed by atoms with Gasteiger partial charge in [-0.1, -0.05) is 17.7 Å². The largest absolute Gasteiger partial charge is 0.493 e. The standard InChI is InChI=1S/C17H25NO3/c1-12-5-6-16(13(2)9-12)20-8-7-17(19)18-10-14(3)21-15(4)11-18/h5-6,9,14-15H,7-8,10-11H2,1-4H3. The lowest BCUT2D eigenvalue weighted by Gasteiger charge is -2.35. The second-order valence-electron chi connectivity index (χ2n) is 5.92. The summed E-state index contributed by atoms with van der Waals surface area (Å²) in [4.78, 5) is 14.1. The Hall–Kier alpha value is -1.55. The minimum Gasteiger partial charge on any atom is -0.493 e. The van der Waals surface area contributed by atoms with Gasteiger partial charge in [0.05, 0.1) is 25.2 Å². The summed E-state index contributed by atoms with van der Waals surface area (Å²) in [6.07, 6.45) is 0.628. The second kappa shape index (κ2) is 6.94. The number of aryl methyl sites for hydroxylation is 2. The van der Waals surface area contributed by atoms with Crippen LogP contribution in [-0.4, -0.2) is 42.7 Å². The molecule has 1 heterocycles. The fourth-order valence-corrected chi connectivity index (χ4v) is 2.75. The van der Waals surface area contributed by atoms with E-state index in [4.69, 9.17) is 9.47 Å². The zero-order valence-electron chi connectivity index (χ0n) is 13.4. The number of carbonyl (C=O) groups excluding carboxylic acids is 1. The molecule has 1 fully saturated rings. The molecule has 0 aromatic heterocycles. The molecule has 1 aliphatic rings. The van der Waals surface area contributed by atoms with Gasteiger partial charge in [-0.15, -0.1) is 0 Å². The molecule has 1 aromatic carbocycles. The molecule has 1 aromatic rings. The molecule has 4 heteroatoms. The van der Waals surface area contributed by atoms with Gasteiger partial charge in [0.25, 0.3) is 0 Å². The van der Waals surface area contributed by atoms with Crippen molar-refractivity contribution in [2.45, 2.75) is 46.3 Å². The minimum absolute atomic E-state index is 0.109. The van der Waals surface area contributed by atoms with E-state index in [2.05, 4.69) is 13.0 Å². The highest BCUT2D eigenvalue weighted by molar-refractivity contribution is 5.76. The molecule has 0 spiro atoms. The summed E-state index contributed by atoms with van der Waals surface area (Å²) in [5.41, 5.74) is 2.32. The lowest BCUT2D eigenvalue weighted by molar-refractivity contribution is -0.143. The Balaban J connectivity index is 1.81. The molecule has 2 atom stereocenters. The Morgan fingerprint density at radius 2 is 1.95 bits per heavy atom. The third kappa shape index (κ3) is 4.46. The summed E-state index contributed by atoms with van der Waals surface area (Å²) in [6.45, 7) is 9.85. The Morgan fingerprint density at radius 3 is 2.57 bits per heavy atom. The van der Waals surface area contributed by atoms with Crippen molar-refractivity contribution in [1.82, 2.24) is 4.90 Å². The first-order valence-electron chi connectivity index (χ1n) is 7.59. The number of hydrogen-bond donors (Lipinski definition) is 0. The Labute approximate surface area is 127 Å². The van der Waals surface area contributed by atoms with Gasteiger partial charge in [-0.25, -0.2) is 0 Å². The third-order valence-corrected chi connectivity index (χ3v) is 3.68. The van der Waals surface area contributed by atoms with Gasteiger partial charge in [0.2, 0.25) is 5.91 Å². The monoisotopic (exact) mass is 291 g/mol. The molecule has 0 radical (unpaired) electrons. The average molecular weight is 291 g/mol. The van der Waals surface area contributed by atoms with Crippen molar-refractivity contribution >= 4 is 5.91 Å². The highest BCUT2D eigenvalue weighted by Crippen LogP contribution is 2.19. The van der Waals surface area contributed by atoms with E-state index in [1.165, 1.54) is 5.56 Å². The highest BCUT2D eigenvalue weighted by Gasteiger charge is 2.25. The predicted octanol–water partition coefficient (Wildman–Crippen LogP) is 2.71. The van der Waals surface area contributed by atoms with Crippen LogP contribution in [0.5, 0.6) is 5.75 Å². The summed E-state index contributed by atoms with van der Waals surface area (Å²) >= 11 is 0. The molecule has 1 saturated heterocycles. The number of amides is 1. The fraction of sp³-hybridized carbons (Fsp3) is 0.588. The van der Waals surface area contributed by atoms with E-state index in [-0.39, 0.29) is 18.1 Å². The Bertz CT molecular complexity index is 491. The van der Waals surface area contributed by atoms with Crippen molar-refractivity contribution in [1.29, 1.82) is 0 Å². The van der Waals surface area contributed by atoms with E-state index < -0.39 is 0 Å². The summed E-state index contributed by atoms with van der Waals surface area (Å²) < 4.78 is 11.4. The van der Waals surface area contributed by atoms with E-state index >= 15 is 0 Å². The number of hydrogen-bond acceptors (Lipinski definition) is 3. The molecule has 0 saturated carbocycles. The molecule has 0 aliphatic carbocycles. The molecule has 21 heavy (non-hydrogen) atoms. The molecular weight excluding hydrogens is 266 g/mol. The number of benzene rings is 1. The van der Waals surface area contributed by atoms with Crippen LogP contribution in [0.4, 0.5) is 0 Å². The number of carbonyl (C=O) groups is 1. The van der Waals surface area contributed by atoms with Gasteiger partial charge in [0.1, 0.15) is 5.75 Å². The first kappa shape index (κ1) is 15.8. The molecule has 116 valence electrons. The van der Waals surface area contributed by atoms with Crippen LogP contribution >= 0.6 is 0 Å². The fourth-order valence-electron chi connectivity index (χ4n) is 2.75. The smallest absolute Gasteiger partial charge is 0.226 e. The van der Waals surface area contributed by atoms with Crippen LogP contribution in [0.2, 0.25) is 0 Å². The zero-order chi connectivity index (χ0) is 15.4. The number of ether oxygens (including phenoxy) is 2. The van der Waals surface area contributed by atoms with Crippen LogP contribution in [0.3, 0.4) is 0 Å². The van der Waals surface area contributed by atoms with E-state index in [0.717, 1.165) is 11.3 Å². The SMILES string of the molecule is Cc1ccc(OCCC(=O)N2CC(C)OC(C)C2)c(C)c1. The highest BCUT2D eigenvalue weighted by atomic mass is 16.5. The first-order valence-corrected chi connectivity index (χ1v) is 7.59. The quantitative estimate of drug-likeness (QED) is 0.856. The summed E-state index contributed by atoms with van der Waals surface area (Å²) in [7, 11) is 0. The van der Waals surface area contributed by atoms with Gasteiger partial charge in [-0.3, -0.25) is 4.79 Å². The van der Waals surface area contributed by atoms with E-state index in [0.29, 0.717) is 26.1 Å². The Morgan fingerprint density at radius 1 is 1.29 bits per heavy atom. The average Bonchev–Trinajstić information content (AvgIpc) is 2.40. The van der Waals surface area contributed by atoms with E-state index in [9.17, 15) is 4.79 Å². The van der Waals surface area contributed by atoms with Crippen LogP contribution in [0.15, 0.2) is 18.2 Å². The number of morpholine rings is 1. The number of rotatable bonds is 4. The first-order chi connectivity index (χ1) is 9.95. The molecule has 4 nitrogen and oxygen atoms in total. The lowest BCUT2D eigenvalue weighted by Crippen LogP contribution is -2.48. The zero-order valence-corrected chi connectivity index (χ0v) is 13.4. The Kier molecular flexibility index (Phi) is 5.23. The lowest BCUT2D eigenvalue weighted by atomic mass is 10.1. The van der Waals surface area contributed by atoms with Gasteiger partial charge in [-0.05, 0) is 39.3 Å². The molecule has 2 rings (SSSR count). The van der Waals surface area contributed by atoms with Crippen LogP contribution in [0.1, 0.15) is 31.4 Å². The molecule has 1 amide bonds. The van der Waals surface area contributed by atoms with E-state index in [1.54, 1.807) is 0 Å². The summed E-state index contributed by atoms with van der Waals surface area (Å²) in [5.74, 6) is 0.999. The van der Waals surface area contributed by atoms with Crippen LogP contribution in [0, 0.1) is 13.8 Å². The predicted molar refractivity (Wildman–Crippen MR) is 82.6 cm³/mol. The molecule has 2 unspecified atom stereocenters. The minimum atomic E-state index is 0.109. The van der Waals surface area contributed by atoms with Crippen molar-refractivity contribution < 1.29 is 14.3 Å². The van der Waals surface area contributed by atoms with Crippen molar-refractivity contribution in [3.05, 3.63) is 29.3 Å². The normalized spacial score (nSPS) is 22.2. The molecule has 1 aliphatic heterocycles. The summed E-state index contributed by atoms with van der Waals surface area (Å²) in [5, 5.41) is 0. The maximum atomic E-state index is 12.2. The van der Waals surface area contributed by atoms with Crippen molar-refractivity contribution in [2.75, 3.05) is 19.7 Å². The maximum absolute atomic E-state index is 12.2. The summed E-state index contributed by atoms with van der Waals surface area (Å²) in [6, 6.07) is 6.08. The second-order valence-corrected chi connectivity index (χ2v) is 5.92. The van der Waals surface area contributed by atoms with Gasteiger partial charge in [0, 0.05) is 13.1 Å². The van der Waals surface area contributed by atoms with Gasteiger partial charge >= 0.3 is 0 Å². The van der Waals surface area contributed by atoms with Crippen LogP contribution in [0.25, 0.3) is 0 Å². The van der Waals surface area contributed by atoms with Gasteiger partial charge in [0.15, 0.2) is 0 Å². The topological polar surface area (TPSA) is 38.8 Å². The molecular formula is C17H25NO3. The van der Waals surface area contributed by atoms with Crippen LogP contribution < -0.4 is 4.74 Å². The maximum Gasteiger partial charge on any atom is 0.226 e. The van der Waals surface area contributed by atoms with Crippen LogP contribution in [-0.2, 0) is 9.53 Å². The number of nitrogens with zero attached hydrogens (tertiary/aromatic N) is 1. The van der Waals surface area contributed by atoms with Crippen molar-refractivity contribution in [2.24, 2.45) is 0 Å².